The summed E-state index contributed by atoms with van der Waals surface area (Å²) in [5, 5.41) is 6.11. The highest BCUT2D eigenvalue weighted by atomic mass is 16.3. The predicted octanol–water partition coefficient (Wildman–Crippen LogP) is 13.2. The van der Waals surface area contributed by atoms with Crippen molar-refractivity contribution in [2.24, 2.45) is 0 Å². The number of hydrogen-bond acceptors (Lipinski definition) is 2. The molecular weight excluding hydrogens is 583 g/mol. The van der Waals surface area contributed by atoms with Crippen molar-refractivity contribution in [3.8, 4) is 33.6 Å². The maximum atomic E-state index is 6.17. The van der Waals surface area contributed by atoms with E-state index in [0.717, 1.165) is 39.4 Å². The van der Waals surface area contributed by atoms with E-state index in [1.165, 1.54) is 43.8 Å². The lowest BCUT2D eigenvalue weighted by atomic mass is 10.00. The average Bonchev–Trinajstić information content (AvgIpc) is 3.60. The summed E-state index contributed by atoms with van der Waals surface area (Å²) >= 11 is 0. The molecule has 1 aromatic heterocycles. The lowest BCUT2D eigenvalue weighted by molar-refractivity contribution is 0.631. The second-order valence-corrected chi connectivity index (χ2v) is 12.2. The second kappa shape index (κ2) is 11.8. The molecule has 2 nitrogen and oxygen atoms in total. The van der Waals surface area contributed by atoms with Crippen LogP contribution >= 0.6 is 0 Å². The highest BCUT2D eigenvalue weighted by molar-refractivity contribution is 5.90. The molecule has 0 fully saturated rings. The van der Waals surface area contributed by atoms with Gasteiger partial charge in [0.1, 0.15) is 11.3 Å². The third kappa shape index (κ3) is 5.20. The Morgan fingerprint density at radius 1 is 0.292 bits per heavy atom. The molecule has 0 amide bonds. The minimum Gasteiger partial charge on any atom is -0.456 e. The summed E-state index contributed by atoms with van der Waals surface area (Å²) in [5.74, 6) is 0.869. The molecule has 0 spiro atoms. The number of anilines is 3. The van der Waals surface area contributed by atoms with Crippen LogP contribution in [0.25, 0.3) is 66.1 Å². The number of hydrogen-bond donors (Lipinski definition) is 0. The highest BCUT2D eigenvalue weighted by Gasteiger charge is 2.15. The van der Waals surface area contributed by atoms with Crippen LogP contribution in [0.2, 0.25) is 0 Å². The molecule has 0 atom stereocenters. The molecule has 0 saturated carbocycles. The quantitative estimate of drug-likeness (QED) is 0.185. The summed E-state index contributed by atoms with van der Waals surface area (Å²) in [5.41, 5.74) is 10.0. The van der Waals surface area contributed by atoms with E-state index in [2.05, 4.69) is 175 Å². The summed E-state index contributed by atoms with van der Waals surface area (Å²) in [6.45, 7) is 0. The van der Waals surface area contributed by atoms with E-state index < -0.39 is 0 Å². The molecule has 0 radical (unpaired) electrons. The monoisotopic (exact) mass is 613 g/mol. The van der Waals surface area contributed by atoms with Crippen LogP contribution in [0.4, 0.5) is 17.1 Å². The van der Waals surface area contributed by atoms with Gasteiger partial charge in [-0.15, -0.1) is 0 Å². The Balaban J connectivity index is 1.09. The lowest BCUT2D eigenvalue weighted by Gasteiger charge is -2.26. The Morgan fingerprint density at radius 3 is 1.17 bits per heavy atom. The molecule has 1 heterocycles. The minimum absolute atomic E-state index is 0.869. The van der Waals surface area contributed by atoms with Crippen molar-refractivity contribution < 1.29 is 4.42 Å². The smallest absolute Gasteiger partial charge is 0.135 e. The van der Waals surface area contributed by atoms with Crippen LogP contribution in [-0.4, -0.2) is 0 Å². The van der Waals surface area contributed by atoms with Crippen molar-refractivity contribution in [3.63, 3.8) is 0 Å². The number of rotatable bonds is 6. The van der Waals surface area contributed by atoms with Gasteiger partial charge in [-0.25, -0.2) is 0 Å². The van der Waals surface area contributed by atoms with E-state index in [0.29, 0.717) is 0 Å². The molecule has 0 aliphatic heterocycles. The van der Waals surface area contributed by atoms with Crippen molar-refractivity contribution in [1.82, 2.24) is 0 Å². The van der Waals surface area contributed by atoms with Gasteiger partial charge in [0.25, 0.3) is 0 Å². The molecule has 0 N–H and O–H groups in total. The van der Waals surface area contributed by atoms with Crippen LogP contribution in [-0.2, 0) is 0 Å². The SMILES string of the molecule is c1ccc2cc(-c3ccc(N(c4ccc(-c5ccc6ccccc6c5)cc4)c4ccc(-c5cc6ccccc6o5)cc4)cc3)ccc2c1. The van der Waals surface area contributed by atoms with Crippen LogP contribution in [0.5, 0.6) is 0 Å². The fraction of sp³-hybridized carbons (Fsp3) is 0. The largest absolute Gasteiger partial charge is 0.456 e. The molecule has 48 heavy (non-hydrogen) atoms. The Kier molecular flexibility index (Phi) is 6.84. The standard InChI is InChI=1S/C46H31NO/c1-3-9-37-29-39(15-13-32(37)7-1)34-17-23-42(24-18-34)47(44-27-21-36(22-28-44)46-31-41-11-5-6-12-45(41)48-46)43-25-19-35(20-26-43)40-16-14-33-8-2-4-10-38(33)30-40/h1-31H. The Bertz CT molecular complexity index is 2390. The fourth-order valence-electron chi connectivity index (χ4n) is 6.69. The first-order valence-corrected chi connectivity index (χ1v) is 16.3. The van der Waals surface area contributed by atoms with Crippen LogP contribution in [0.3, 0.4) is 0 Å². The van der Waals surface area contributed by atoms with Gasteiger partial charge < -0.3 is 9.32 Å². The first kappa shape index (κ1) is 27.9. The zero-order valence-corrected chi connectivity index (χ0v) is 26.3. The zero-order valence-electron chi connectivity index (χ0n) is 26.3. The van der Waals surface area contributed by atoms with Gasteiger partial charge >= 0.3 is 0 Å². The third-order valence-electron chi connectivity index (χ3n) is 9.25. The predicted molar refractivity (Wildman–Crippen MR) is 202 cm³/mol. The Hall–Kier alpha value is -6.38. The van der Waals surface area contributed by atoms with Gasteiger partial charge in [-0.3, -0.25) is 0 Å². The van der Waals surface area contributed by atoms with Crippen molar-refractivity contribution in [2.45, 2.75) is 0 Å². The van der Waals surface area contributed by atoms with Gasteiger partial charge in [-0.05, 0) is 117 Å². The molecule has 226 valence electrons. The number of furan rings is 1. The van der Waals surface area contributed by atoms with Crippen LogP contribution in [0, 0.1) is 0 Å². The maximum absolute atomic E-state index is 6.17. The number of fused-ring (bicyclic) bond motifs is 3. The number of nitrogens with zero attached hydrogens (tertiary/aromatic N) is 1. The number of para-hydroxylation sites is 1. The van der Waals surface area contributed by atoms with Gasteiger partial charge in [0.05, 0.1) is 0 Å². The van der Waals surface area contributed by atoms with Crippen molar-refractivity contribution in [2.75, 3.05) is 4.90 Å². The first-order valence-electron chi connectivity index (χ1n) is 16.3. The summed E-state index contributed by atoms with van der Waals surface area (Å²) in [7, 11) is 0. The molecular formula is C46H31NO. The zero-order chi connectivity index (χ0) is 31.9. The van der Waals surface area contributed by atoms with Gasteiger partial charge in [-0.2, -0.15) is 0 Å². The normalized spacial score (nSPS) is 11.3. The minimum atomic E-state index is 0.869. The van der Waals surface area contributed by atoms with Gasteiger partial charge in [0, 0.05) is 28.0 Å². The summed E-state index contributed by atoms with van der Waals surface area (Å²) in [6.07, 6.45) is 0. The summed E-state index contributed by atoms with van der Waals surface area (Å²) in [4.78, 5) is 2.32. The van der Waals surface area contributed by atoms with E-state index in [1.54, 1.807) is 0 Å². The van der Waals surface area contributed by atoms with Crippen molar-refractivity contribution in [3.05, 3.63) is 188 Å². The topological polar surface area (TPSA) is 16.4 Å². The van der Waals surface area contributed by atoms with E-state index in [1.807, 2.05) is 18.2 Å². The van der Waals surface area contributed by atoms with Crippen LogP contribution in [0.1, 0.15) is 0 Å². The molecule has 8 aromatic carbocycles. The first-order chi connectivity index (χ1) is 23.7. The van der Waals surface area contributed by atoms with Gasteiger partial charge in [0.15, 0.2) is 0 Å². The fourth-order valence-corrected chi connectivity index (χ4v) is 6.69. The molecule has 0 aliphatic carbocycles. The Labute approximate surface area is 279 Å². The Morgan fingerprint density at radius 2 is 0.688 bits per heavy atom. The molecule has 2 heteroatoms. The average molecular weight is 614 g/mol. The lowest BCUT2D eigenvalue weighted by Crippen LogP contribution is -2.09. The molecule has 0 bridgehead atoms. The maximum Gasteiger partial charge on any atom is 0.135 e. The summed E-state index contributed by atoms with van der Waals surface area (Å²) in [6, 6.07) is 67.0. The van der Waals surface area contributed by atoms with E-state index >= 15 is 0 Å². The summed E-state index contributed by atoms with van der Waals surface area (Å²) < 4.78 is 6.17. The third-order valence-corrected chi connectivity index (χ3v) is 9.25. The van der Waals surface area contributed by atoms with E-state index in [9.17, 15) is 0 Å². The van der Waals surface area contributed by atoms with E-state index in [4.69, 9.17) is 4.42 Å². The van der Waals surface area contributed by atoms with Crippen molar-refractivity contribution >= 4 is 49.6 Å². The molecule has 9 rings (SSSR count). The van der Waals surface area contributed by atoms with Crippen LogP contribution < -0.4 is 4.90 Å². The van der Waals surface area contributed by atoms with Crippen LogP contribution in [0.15, 0.2) is 192 Å². The van der Waals surface area contributed by atoms with Gasteiger partial charge in [-0.1, -0.05) is 115 Å². The molecule has 0 unspecified atom stereocenters. The highest BCUT2D eigenvalue weighted by Crippen LogP contribution is 2.38. The molecule has 0 saturated heterocycles. The van der Waals surface area contributed by atoms with Gasteiger partial charge in [0.2, 0.25) is 0 Å². The molecule has 0 aliphatic rings. The molecule has 9 aromatic rings. The second-order valence-electron chi connectivity index (χ2n) is 12.2. The number of benzene rings is 8. The van der Waals surface area contributed by atoms with E-state index in [-0.39, 0.29) is 0 Å². The van der Waals surface area contributed by atoms with Crippen molar-refractivity contribution in [1.29, 1.82) is 0 Å².